The zero-order valence-corrected chi connectivity index (χ0v) is 13.8. The van der Waals surface area contributed by atoms with E-state index in [0.717, 1.165) is 43.7 Å². The lowest BCUT2D eigenvalue weighted by Crippen LogP contribution is -2.37. The Kier molecular flexibility index (Phi) is 3.42. The molecule has 5 nitrogen and oxygen atoms in total. The Morgan fingerprint density at radius 1 is 1.33 bits per heavy atom. The number of aryl methyl sites for hydroxylation is 1. The number of carbonyl (C=O) groups excluding carboxylic acids is 1. The first-order valence-corrected chi connectivity index (χ1v) is 8.41. The van der Waals surface area contributed by atoms with Crippen molar-refractivity contribution in [2.45, 2.75) is 30.6 Å². The summed E-state index contributed by atoms with van der Waals surface area (Å²) in [5, 5.41) is 8.94. The van der Waals surface area contributed by atoms with Crippen LogP contribution in [0.25, 0.3) is 0 Å². The second-order valence-corrected chi connectivity index (χ2v) is 6.90. The summed E-state index contributed by atoms with van der Waals surface area (Å²) in [6, 6.07) is 9.63. The summed E-state index contributed by atoms with van der Waals surface area (Å²) >= 11 is 0. The quantitative estimate of drug-likeness (QED) is 0.872. The molecule has 2 heterocycles. The van der Waals surface area contributed by atoms with E-state index in [2.05, 4.69) is 11.1 Å². The van der Waals surface area contributed by atoms with Crippen LogP contribution < -0.4 is 0 Å². The van der Waals surface area contributed by atoms with Crippen molar-refractivity contribution >= 4 is 5.91 Å². The molecular formula is C19H20N4O. The average molecular weight is 320 g/mol. The van der Waals surface area contributed by atoms with E-state index >= 15 is 0 Å². The van der Waals surface area contributed by atoms with Gasteiger partial charge in [-0.3, -0.25) is 4.79 Å². The first-order valence-electron chi connectivity index (χ1n) is 8.41. The lowest BCUT2D eigenvalue weighted by Gasteiger charge is -2.23. The monoisotopic (exact) mass is 320 g/mol. The maximum Gasteiger partial charge on any atom is 0.233 e. The van der Waals surface area contributed by atoms with Crippen molar-refractivity contribution in [3.05, 3.63) is 53.6 Å². The average Bonchev–Trinajstić information content (AvgIpc) is 3.07. The molecule has 0 radical (unpaired) electrons. The molecule has 1 aliphatic carbocycles. The molecule has 2 aromatic rings. The van der Waals surface area contributed by atoms with Gasteiger partial charge in [0.1, 0.15) is 5.82 Å². The summed E-state index contributed by atoms with van der Waals surface area (Å²) in [5.74, 6) is 1.63. The number of rotatable bonds is 3. The summed E-state index contributed by atoms with van der Waals surface area (Å²) in [6.07, 6.45) is 6.56. The van der Waals surface area contributed by atoms with Gasteiger partial charge in [-0.15, -0.1) is 0 Å². The molecule has 24 heavy (non-hydrogen) atoms. The Bertz CT molecular complexity index is 811. The van der Waals surface area contributed by atoms with Crippen molar-refractivity contribution in [1.82, 2.24) is 14.5 Å². The third kappa shape index (κ3) is 2.30. The van der Waals surface area contributed by atoms with E-state index in [9.17, 15) is 4.79 Å². The van der Waals surface area contributed by atoms with Crippen LogP contribution in [0.3, 0.4) is 0 Å². The Morgan fingerprint density at radius 3 is 2.67 bits per heavy atom. The zero-order chi connectivity index (χ0) is 16.7. The number of hydrogen-bond donors (Lipinski definition) is 0. The number of carbonyl (C=O) groups is 1. The SMILES string of the molecule is Cn1ccnc1C1CCN(C(=O)C2(c3ccc(C#N)cc3)CC2)C1. The van der Waals surface area contributed by atoms with E-state index in [1.54, 1.807) is 0 Å². The van der Waals surface area contributed by atoms with Gasteiger partial charge in [0.2, 0.25) is 5.91 Å². The van der Waals surface area contributed by atoms with Crippen molar-refractivity contribution in [2.24, 2.45) is 7.05 Å². The molecule has 4 rings (SSSR count). The number of benzene rings is 1. The molecule has 0 bridgehead atoms. The van der Waals surface area contributed by atoms with Gasteiger partial charge >= 0.3 is 0 Å². The van der Waals surface area contributed by atoms with E-state index in [1.165, 1.54) is 0 Å². The van der Waals surface area contributed by atoms with Crippen LogP contribution in [0.5, 0.6) is 0 Å². The Labute approximate surface area is 141 Å². The molecule has 1 saturated heterocycles. The third-order valence-electron chi connectivity index (χ3n) is 5.43. The molecule has 122 valence electrons. The van der Waals surface area contributed by atoms with Gasteiger partial charge in [-0.25, -0.2) is 4.98 Å². The van der Waals surface area contributed by atoms with Crippen molar-refractivity contribution in [1.29, 1.82) is 5.26 Å². The fourth-order valence-electron chi connectivity index (χ4n) is 3.84. The molecule has 0 N–H and O–H groups in total. The number of imidazole rings is 1. The number of aromatic nitrogens is 2. The highest BCUT2D eigenvalue weighted by atomic mass is 16.2. The smallest absolute Gasteiger partial charge is 0.233 e. The van der Waals surface area contributed by atoms with E-state index < -0.39 is 0 Å². The van der Waals surface area contributed by atoms with E-state index in [0.29, 0.717) is 11.5 Å². The number of amides is 1. The van der Waals surface area contributed by atoms with Gasteiger partial charge in [0.05, 0.1) is 17.0 Å². The fraction of sp³-hybridized carbons (Fsp3) is 0.421. The van der Waals surface area contributed by atoms with Crippen LogP contribution in [0.15, 0.2) is 36.7 Å². The van der Waals surface area contributed by atoms with Gasteiger partial charge in [0, 0.05) is 38.4 Å². The minimum Gasteiger partial charge on any atom is -0.341 e. The number of hydrogen-bond acceptors (Lipinski definition) is 3. The number of likely N-dealkylation sites (tertiary alicyclic amines) is 1. The fourth-order valence-corrected chi connectivity index (χ4v) is 3.84. The molecule has 2 fully saturated rings. The van der Waals surface area contributed by atoms with Crippen molar-refractivity contribution in [3.8, 4) is 6.07 Å². The zero-order valence-electron chi connectivity index (χ0n) is 13.8. The summed E-state index contributed by atoms with van der Waals surface area (Å²) in [7, 11) is 2.01. The lowest BCUT2D eigenvalue weighted by atomic mass is 9.93. The third-order valence-corrected chi connectivity index (χ3v) is 5.43. The van der Waals surface area contributed by atoms with E-state index in [4.69, 9.17) is 5.26 Å². The van der Waals surface area contributed by atoms with Crippen LogP contribution in [0.2, 0.25) is 0 Å². The Hall–Kier alpha value is -2.61. The summed E-state index contributed by atoms with van der Waals surface area (Å²) < 4.78 is 2.05. The first kappa shape index (κ1) is 14.9. The lowest BCUT2D eigenvalue weighted by molar-refractivity contribution is -0.132. The van der Waals surface area contributed by atoms with Crippen molar-refractivity contribution < 1.29 is 4.79 Å². The van der Waals surface area contributed by atoms with Gasteiger partial charge < -0.3 is 9.47 Å². The van der Waals surface area contributed by atoms with Gasteiger partial charge in [-0.05, 0) is 37.0 Å². The highest BCUT2D eigenvalue weighted by Crippen LogP contribution is 2.50. The molecule has 5 heteroatoms. The van der Waals surface area contributed by atoms with Crippen LogP contribution in [-0.2, 0) is 17.3 Å². The van der Waals surface area contributed by atoms with Gasteiger partial charge in [0.25, 0.3) is 0 Å². The van der Waals surface area contributed by atoms with E-state index in [1.807, 2.05) is 53.2 Å². The highest BCUT2D eigenvalue weighted by molar-refractivity contribution is 5.91. The molecule has 1 amide bonds. The molecule has 2 aliphatic rings. The van der Waals surface area contributed by atoms with Crippen LogP contribution in [-0.4, -0.2) is 33.4 Å². The van der Waals surface area contributed by atoms with Crippen LogP contribution in [0.4, 0.5) is 0 Å². The second kappa shape index (κ2) is 5.48. The topological polar surface area (TPSA) is 61.9 Å². The van der Waals surface area contributed by atoms with Crippen LogP contribution >= 0.6 is 0 Å². The second-order valence-electron chi connectivity index (χ2n) is 6.90. The molecule has 1 aliphatic heterocycles. The largest absolute Gasteiger partial charge is 0.341 e. The van der Waals surface area contributed by atoms with Gasteiger partial charge in [-0.2, -0.15) is 5.26 Å². The minimum atomic E-state index is -0.357. The minimum absolute atomic E-state index is 0.240. The summed E-state index contributed by atoms with van der Waals surface area (Å²) in [4.78, 5) is 19.6. The molecule has 1 unspecified atom stereocenters. The maximum atomic E-state index is 13.1. The van der Waals surface area contributed by atoms with Crippen LogP contribution in [0, 0.1) is 11.3 Å². The molecule has 1 aromatic heterocycles. The molecule has 1 saturated carbocycles. The Balaban J connectivity index is 1.52. The maximum absolute atomic E-state index is 13.1. The van der Waals surface area contributed by atoms with Gasteiger partial charge in [0.15, 0.2) is 0 Å². The highest BCUT2D eigenvalue weighted by Gasteiger charge is 2.53. The predicted molar refractivity (Wildman–Crippen MR) is 89.2 cm³/mol. The van der Waals surface area contributed by atoms with Crippen molar-refractivity contribution in [2.75, 3.05) is 13.1 Å². The molecule has 1 aromatic carbocycles. The van der Waals surface area contributed by atoms with Crippen molar-refractivity contribution in [3.63, 3.8) is 0 Å². The number of nitrogens with zero attached hydrogens (tertiary/aromatic N) is 4. The first-order chi connectivity index (χ1) is 11.6. The van der Waals surface area contributed by atoms with Crippen LogP contribution in [0.1, 0.15) is 42.1 Å². The Morgan fingerprint density at radius 2 is 2.08 bits per heavy atom. The van der Waals surface area contributed by atoms with E-state index in [-0.39, 0.29) is 11.3 Å². The van der Waals surface area contributed by atoms with Gasteiger partial charge in [-0.1, -0.05) is 12.1 Å². The molecule has 0 spiro atoms. The standard InChI is InChI=1S/C19H20N4O/c1-22-11-9-21-17(22)15-6-10-23(13-15)18(24)19(7-8-19)16-4-2-14(12-20)3-5-16/h2-5,9,11,15H,6-8,10,13H2,1H3. The molecule has 1 atom stereocenters. The predicted octanol–water partition coefficient (Wildman–Crippen LogP) is 2.34. The normalized spacial score (nSPS) is 21.5. The molecular weight excluding hydrogens is 300 g/mol. The summed E-state index contributed by atoms with van der Waals surface area (Å²) in [6.45, 7) is 1.55. The summed E-state index contributed by atoms with van der Waals surface area (Å²) in [5.41, 5.74) is 1.33. The number of nitriles is 1.